The van der Waals surface area contributed by atoms with Crippen LogP contribution in [0.3, 0.4) is 0 Å². The van der Waals surface area contributed by atoms with Gasteiger partial charge in [-0.25, -0.2) is 4.99 Å². The van der Waals surface area contributed by atoms with Gasteiger partial charge in [-0.1, -0.05) is 23.7 Å². The first-order valence-corrected chi connectivity index (χ1v) is 6.17. The summed E-state index contributed by atoms with van der Waals surface area (Å²) in [5, 5.41) is 0.0253. The molecule has 0 unspecified atom stereocenters. The first-order chi connectivity index (χ1) is 9.02. The molecule has 19 heavy (non-hydrogen) atoms. The summed E-state index contributed by atoms with van der Waals surface area (Å²) >= 11 is 5.89. The Hall–Kier alpha value is -1.91. The van der Waals surface area contributed by atoms with Crippen molar-refractivity contribution >= 4 is 28.8 Å². The van der Waals surface area contributed by atoms with Crippen molar-refractivity contribution in [2.75, 3.05) is 0 Å². The highest BCUT2D eigenvalue weighted by Gasteiger charge is 2.21. The number of allylic oxidation sites excluding steroid dienone is 3. The van der Waals surface area contributed by atoms with Crippen molar-refractivity contribution in [3.63, 3.8) is 0 Å². The van der Waals surface area contributed by atoms with Gasteiger partial charge >= 0.3 is 0 Å². The maximum absolute atomic E-state index is 11.6. The number of carbonyl (C=O) groups is 1. The van der Waals surface area contributed by atoms with Gasteiger partial charge in [0.2, 0.25) is 5.78 Å². The summed E-state index contributed by atoms with van der Waals surface area (Å²) in [5.74, 6) is -0.253. The van der Waals surface area contributed by atoms with Gasteiger partial charge < -0.3 is 11.5 Å². The molecule has 0 amide bonds. The van der Waals surface area contributed by atoms with Crippen LogP contribution in [-0.4, -0.2) is 11.5 Å². The third-order valence-electron chi connectivity index (χ3n) is 2.84. The smallest absolute Gasteiger partial charge is 0.202 e. The Morgan fingerprint density at radius 1 is 1.26 bits per heavy atom. The summed E-state index contributed by atoms with van der Waals surface area (Å²) < 4.78 is 0. The van der Waals surface area contributed by atoms with Crippen LogP contribution < -0.4 is 11.5 Å². The highest BCUT2D eigenvalue weighted by Crippen LogP contribution is 2.22. The molecule has 1 aromatic carbocycles. The van der Waals surface area contributed by atoms with Crippen LogP contribution in [0.4, 0.5) is 5.69 Å². The van der Waals surface area contributed by atoms with Crippen molar-refractivity contribution in [1.29, 1.82) is 0 Å². The second-order valence-corrected chi connectivity index (χ2v) is 4.63. The number of hydrogen-bond acceptors (Lipinski definition) is 4. The van der Waals surface area contributed by atoms with Gasteiger partial charge in [0.1, 0.15) is 5.03 Å². The molecular weight excluding hydrogens is 262 g/mol. The Labute approximate surface area is 116 Å². The Morgan fingerprint density at radius 2 is 1.89 bits per heavy atom. The van der Waals surface area contributed by atoms with E-state index in [2.05, 4.69) is 4.99 Å². The van der Waals surface area contributed by atoms with E-state index in [1.165, 1.54) is 0 Å². The van der Waals surface area contributed by atoms with Gasteiger partial charge in [0.05, 0.1) is 17.1 Å². The van der Waals surface area contributed by atoms with Gasteiger partial charge in [-0.2, -0.15) is 0 Å². The molecule has 5 heteroatoms. The zero-order valence-corrected chi connectivity index (χ0v) is 11.2. The van der Waals surface area contributed by atoms with E-state index in [9.17, 15) is 4.79 Å². The number of ketones is 1. The predicted molar refractivity (Wildman–Crippen MR) is 77.3 cm³/mol. The Kier molecular flexibility index (Phi) is 3.83. The van der Waals surface area contributed by atoms with Crippen LogP contribution >= 0.6 is 11.6 Å². The standard InChI is InChI=1S/C14H14ClN3O/c1-8-6-11(13(17)12(15)14(8)19)18-10-4-2-9(7-16)3-5-10/h2-6H,7,16-17H2,1H3/b18-11-. The van der Waals surface area contributed by atoms with E-state index >= 15 is 0 Å². The number of rotatable bonds is 2. The molecule has 1 aliphatic rings. The van der Waals surface area contributed by atoms with E-state index in [1.807, 2.05) is 24.3 Å². The predicted octanol–water partition coefficient (Wildman–Crippen LogP) is 2.16. The van der Waals surface area contributed by atoms with Crippen molar-refractivity contribution in [3.8, 4) is 0 Å². The number of nitrogens with two attached hydrogens (primary N) is 2. The minimum atomic E-state index is -0.253. The molecule has 0 aromatic heterocycles. The highest BCUT2D eigenvalue weighted by atomic mass is 35.5. The molecule has 4 nitrogen and oxygen atoms in total. The topological polar surface area (TPSA) is 81.5 Å². The van der Waals surface area contributed by atoms with Crippen LogP contribution in [-0.2, 0) is 11.3 Å². The maximum Gasteiger partial charge on any atom is 0.202 e. The van der Waals surface area contributed by atoms with Crippen LogP contribution in [0.5, 0.6) is 0 Å². The fourth-order valence-corrected chi connectivity index (χ4v) is 1.94. The number of Topliss-reactive ketones (excluding diaryl/α,β-unsaturated/α-hetero) is 1. The second kappa shape index (κ2) is 5.38. The number of benzene rings is 1. The van der Waals surface area contributed by atoms with E-state index in [1.54, 1.807) is 13.0 Å². The van der Waals surface area contributed by atoms with E-state index in [-0.39, 0.29) is 16.5 Å². The molecule has 0 fully saturated rings. The summed E-state index contributed by atoms with van der Waals surface area (Å²) in [7, 11) is 0. The summed E-state index contributed by atoms with van der Waals surface area (Å²) in [4.78, 5) is 16.0. The average Bonchev–Trinajstić information content (AvgIpc) is 2.43. The van der Waals surface area contributed by atoms with E-state index in [0.717, 1.165) is 11.3 Å². The molecule has 4 N–H and O–H groups in total. The van der Waals surface area contributed by atoms with Gasteiger partial charge in [-0.05, 0) is 30.7 Å². The Balaban J connectivity index is 2.39. The van der Waals surface area contributed by atoms with Crippen LogP contribution in [0.25, 0.3) is 0 Å². The molecule has 0 radical (unpaired) electrons. The van der Waals surface area contributed by atoms with Crippen molar-refractivity contribution < 1.29 is 4.79 Å². The molecule has 0 heterocycles. The van der Waals surface area contributed by atoms with E-state index in [0.29, 0.717) is 17.8 Å². The van der Waals surface area contributed by atoms with Crippen molar-refractivity contribution in [1.82, 2.24) is 0 Å². The molecule has 0 spiro atoms. The van der Waals surface area contributed by atoms with Crippen molar-refractivity contribution in [2.24, 2.45) is 16.5 Å². The molecule has 0 aliphatic heterocycles. The highest BCUT2D eigenvalue weighted by molar-refractivity contribution is 6.49. The quantitative estimate of drug-likeness (QED) is 0.812. The minimum absolute atomic E-state index is 0.0253. The minimum Gasteiger partial charge on any atom is -0.396 e. The first kappa shape index (κ1) is 13.5. The number of halogens is 1. The summed E-state index contributed by atoms with van der Waals surface area (Å²) in [6, 6.07) is 7.48. The molecule has 0 atom stereocenters. The van der Waals surface area contributed by atoms with Crippen molar-refractivity contribution in [3.05, 3.63) is 52.2 Å². The van der Waals surface area contributed by atoms with Gasteiger partial charge in [0, 0.05) is 12.1 Å². The molecule has 0 saturated heterocycles. The lowest BCUT2D eigenvalue weighted by atomic mass is 10.0. The first-order valence-electron chi connectivity index (χ1n) is 5.79. The molecule has 2 rings (SSSR count). The number of nitrogens with zero attached hydrogens (tertiary/aromatic N) is 1. The molecular formula is C14H14ClN3O. The second-order valence-electron chi connectivity index (χ2n) is 4.25. The molecule has 1 aromatic rings. The largest absolute Gasteiger partial charge is 0.396 e. The van der Waals surface area contributed by atoms with Gasteiger partial charge in [0.15, 0.2) is 0 Å². The van der Waals surface area contributed by atoms with Crippen LogP contribution in [0.15, 0.2) is 51.6 Å². The maximum atomic E-state index is 11.6. The fourth-order valence-electron chi connectivity index (χ4n) is 1.69. The number of aliphatic imine (C=N–C) groups is 1. The monoisotopic (exact) mass is 275 g/mol. The third kappa shape index (κ3) is 2.75. The Morgan fingerprint density at radius 3 is 2.47 bits per heavy atom. The Bertz CT molecular complexity index is 612. The van der Waals surface area contributed by atoms with E-state index < -0.39 is 0 Å². The van der Waals surface area contributed by atoms with Crippen LogP contribution in [0, 0.1) is 0 Å². The van der Waals surface area contributed by atoms with Gasteiger partial charge in [-0.3, -0.25) is 4.79 Å². The average molecular weight is 276 g/mol. The lowest BCUT2D eigenvalue weighted by molar-refractivity contribution is -0.111. The normalized spacial score (nSPS) is 17.9. The van der Waals surface area contributed by atoms with Gasteiger partial charge in [-0.15, -0.1) is 0 Å². The lowest BCUT2D eigenvalue weighted by Crippen LogP contribution is -2.20. The SMILES string of the molecule is CC1=C/C(=N/c2ccc(CN)cc2)C(N)=C(Cl)C1=O. The van der Waals surface area contributed by atoms with Crippen molar-refractivity contribution in [2.45, 2.75) is 13.5 Å². The summed E-state index contributed by atoms with van der Waals surface area (Å²) in [6.07, 6.45) is 1.64. The summed E-state index contributed by atoms with van der Waals surface area (Å²) in [5.41, 5.74) is 14.3. The summed E-state index contributed by atoms with van der Waals surface area (Å²) in [6.45, 7) is 2.17. The molecule has 0 bridgehead atoms. The zero-order valence-electron chi connectivity index (χ0n) is 10.5. The number of carbonyl (C=O) groups excluding carboxylic acids is 1. The molecule has 1 aliphatic carbocycles. The lowest BCUT2D eigenvalue weighted by Gasteiger charge is -2.12. The molecule has 0 saturated carbocycles. The van der Waals surface area contributed by atoms with Crippen LogP contribution in [0.1, 0.15) is 12.5 Å². The number of hydrogen-bond donors (Lipinski definition) is 2. The zero-order chi connectivity index (χ0) is 14.0. The molecule has 98 valence electrons. The van der Waals surface area contributed by atoms with E-state index in [4.69, 9.17) is 23.1 Å². The fraction of sp³-hybridized carbons (Fsp3) is 0.143. The van der Waals surface area contributed by atoms with Crippen LogP contribution in [0.2, 0.25) is 0 Å². The van der Waals surface area contributed by atoms with Gasteiger partial charge in [0.25, 0.3) is 0 Å². The third-order valence-corrected chi connectivity index (χ3v) is 3.22.